The minimum atomic E-state index is -0.781. The van der Waals surface area contributed by atoms with E-state index in [-0.39, 0.29) is 36.6 Å². The van der Waals surface area contributed by atoms with Crippen LogP contribution in [0.1, 0.15) is 56.8 Å². The van der Waals surface area contributed by atoms with Gasteiger partial charge in [0.1, 0.15) is 5.75 Å². The first kappa shape index (κ1) is 33.3. The zero-order chi connectivity index (χ0) is 33.2. The Kier molecular flexibility index (Phi) is 11.4. The number of hydrogen-bond acceptors (Lipinski definition) is 6. The molecule has 5 aromatic rings. The minimum Gasteiger partial charge on any atom is -0.508 e. The zero-order valence-electron chi connectivity index (χ0n) is 26.4. The molecule has 0 aromatic heterocycles. The first-order valence-corrected chi connectivity index (χ1v) is 15.8. The predicted octanol–water partition coefficient (Wildman–Crippen LogP) is 5.08. The van der Waals surface area contributed by atoms with E-state index in [1.54, 1.807) is 12.1 Å². The maximum absolute atomic E-state index is 12.8. The molecule has 47 heavy (non-hydrogen) atoms. The first-order chi connectivity index (χ1) is 22.8. The SMILES string of the molecule is C[C@H](Cc1cccc(CC(=O)NCc2ccc(CNC(=O)c3cccc4ccccc34)cc2)c1)NC[C@@H](O)c1ccc(O)c(CO)c1. The molecule has 2 amide bonds. The number of fused-ring (bicyclic) bond motifs is 1. The Morgan fingerprint density at radius 1 is 0.745 bits per heavy atom. The molecule has 0 heterocycles. The van der Waals surface area contributed by atoms with Gasteiger partial charge in [-0.05, 0) is 70.1 Å². The van der Waals surface area contributed by atoms with Crippen molar-refractivity contribution in [2.75, 3.05) is 6.54 Å². The normalized spacial score (nSPS) is 12.4. The van der Waals surface area contributed by atoms with Crippen molar-refractivity contribution in [1.29, 1.82) is 0 Å². The summed E-state index contributed by atoms with van der Waals surface area (Å²) >= 11 is 0. The summed E-state index contributed by atoms with van der Waals surface area (Å²) in [7, 11) is 0. The van der Waals surface area contributed by atoms with Crippen LogP contribution in [0.2, 0.25) is 0 Å². The number of rotatable bonds is 14. The van der Waals surface area contributed by atoms with Gasteiger partial charge in [0, 0.05) is 36.8 Å². The van der Waals surface area contributed by atoms with Crippen LogP contribution in [0.25, 0.3) is 10.8 Å². The second-order valence-electron chi connectivity index (χ2n) is 11.9. The Labute approximate surface area is 275 Å². The van der Waals surface area contributed by atoms with E-state index in [0.29, 0.717) is 42.7 Å². The highest BCUT2D eigenvalue weighted by atomic mass is 16.3. The fraction of sp³-hybridized carbons (Fsp3) is 0.231. The summed E-state index contributed by atoms with van der Waals surface area (Å²) in [4.78, 5) is 25.6. The van der Waals surface area contributed by atoms with Crippen molar-refractivity contribution in [1.82, 2.24) is 16.0 Å². The molecule has 0 radical (unpaired) electrons. The molecule has 0 saturated carbocycles. The monoisotopic (exact) mass is 631 g/mol. The minimum absolute atomic E-state index is 0.00396. The Morgan fingerprint density at radius 2 is 1.43 bits per heavy atom. The predicted molar refractivity (Wildman–Crippen MR) is 184 cm³/mol. The van der Waals surface area contributed by atoms with Crippen molar-refractivity contribution in [3.05, 3.63) is 148 Å². The average Bonchev–Trinajstić information content (AvgIpc) is 3.09. The van der Waals surface area contributed by atoms with Crippen LogP contribution in [0.4, 0.5) is 0 Å². The molecule has 0 unspecified atom stereocenters. The van der Waals surface area contributed by atoms with E-state index in [1.807, 2.05) is 97.9 Å². The van der Waals surface area contributed by atoms with Crippen molar-refractivity contribution in [2.24, 2.45) is 0 Å². The molecule has 0 aliphatic rings. The molecule has 0 aliphatic heterocycles. The molecule has 2 atom stereocenters. The lowest BCUT2D eigenvalue weighted by Gasteiger charge is -2.18. The van der Waals surface area contributed by atoms with E-state index in [1.165, 1.54) is 6.07 Å². The second-order valence-corrected chi connectivity index (χ2v) is 11.9. The fourth-order valence-corrected chi connectivity index (χ4v) is 5.59. The molecule has 0 fully saturated rings. The fourth-order valence-electron chi connectivity index (χ4n) is 5.59. The van der Waals surface area contributed by atoms with E-state index in [2.05, 4.69) is 16.0 Å². The van der Waals surface area contributed by atoms with Crippen molar-refractivity contribution in [2.45, 2.75) is 51.6 Å². The lowest BCUT2D eigenvalue weighted by Crippen LogP contribution is -2.32. The average molecular weight is 632 g/mol. The molecular weight excluding hydrogens is 590 g/mol. The molecule has 0 saturated heterocycles. The van der Waals surface area contributed by atoms with E-state index in [9.17, 15) is 24.9 Å². The van der Waals surface area contributed by atoms with Gasteiger partial charge in [0.2, 0.25) is 5.91 Å². The van der Waals surface area contributed by atoms with Gasteiger partial charge in [-0.1, -0.05) is 91.0 Å². The van der Waals surface area contributed by atoms with Crippen LogP contribution in [0.15, 0.2) is 109 Å². The van der Waals surface area contributed by atoms with Gasteiger partial charge in [-0.15, -0.1) is 0 Å². The van der Waals surface area contributed by atoms with Gasteiger partial charge in [-0.3, -0.25) is 9.59 Å². The lowest BCUT2D eigenvalue weighted by molar-refractivity contribution is -0.120. The topological polar surface area (TPSA) is 131 Å². The Bertz CT molecular complexity index is 1820. The number of nitrogens with one attached hydrogen (secondary N) is 3. The highest BCUT2D eigenvalue weighted by Crippen LogP contribution is 2.23. The van der Waals surface area contributed by atoms with Gasteiger partial charge in [-0.25, -0.2) is 0 Å². The van der Waals surface area contributed by atoms with Crippen molar-refractivity contribution < 1.29 is 24.9 Å². The third-order valence-corrected chi connectivity index (χ3v) is 8.22. The van der Waals surface area contributed by atoms with Gasteiger partial charge in [0.25, 0.3) is 5.91 Å². The quantitative estimate of drug-likeness (QED) is 0.101. The van der Waals surface area contributed by atoms with Crippen LogP contribution >= 0.6 is 0 Å². The highest BCUT2D eigenvalue weighted by Gasteiger charge is 2.13. The number of phenols is 1. The highest BCUT2D eigenvalue weighted by molar-refractivity contribution is 6.06. The van der Waals surface area contributed by atoms with E-state index in [0.717, 1.165) is 33.0 Å². The number of aliphatic hydroxyl groups is 2. The standard InChI is InChI=1S/C39H41N3O5/c1-26(40-24-37(45)32-16-17-36(44)33(21-32)25-43)18-29-6-4-7-30(19-29)20-38(46)41-22-27-12-14-28(15-13-27)23-42-39(47)35-11-5-9-31-8-2-3-10-34(31)35/h2-17,19,21,26,37,40,43-45H,18,20,22-25H2,1H3,(H,41,46)(H,42,47)/t26-,37-/m1/s1. The molecule has 0 bridgehead atoms. The molecule has 8 nitrogen and oxygen atoms in total. The zero-order valence-corrected chi connectivity index (χ0v) is 26.4. The largest absolute Gasteiger partial charge is 0.508 e. The maximum Gasteiger partial charge on any atom is 0.252 e. The van der Waals surface area contributed by atoms with Crippen molar-refractivity contribution in [3.8, 4) is 5.75 Å². The summed E-state index contributed by atoms with van der Waals surface area (Å²) in [5.74, 6) is -0.182. The molecule has 6 N–H and O–H groups in total. The summed E-state index contributed by atoms with van der Waals surface area (Å²) < 4.78 is 0. The van der Waals surface area contributed by atoms with E-state index < -0.39 is 6.10 Å². The molecular formula is C39H41N3O5. The number of carbonyl (C=O) groups is 2. The third-order valence-electron chi connectivity index (χ3n) is 8.22. The summed E-state index contributed by atoms with van der Waals surface area (Å²) in [6.07, 6.45) is 0.200. The number of aliphatic hydroxyl groups excluding tert-OH is 2. The smallest absolute Gasteiger partial charge is 0.252 e. The van der Waals surface area contributed by atoms with Gasteiger partial charge < -0.3 is 31.3 Å². The van der Waals surface area contributed by atoms with Crippen LogP contribution in [0.5, 0.6) is 5.75 Å². The Balaban J connectivity index is 1.05. The van der Waals surface area contributed by atoms with Gasteiger partial charge in [0.05, 0.1) is 19.1 Å². The maximum atomic E-state index is 12.8. The van der Waals surface area contributed by atoms with Crippen LogP contribution in [-0.4, -0.2) is 39.7 Å². The summed E-state index contributed by atoms with van der Waals surface area (Å²) in [5, 5.41) is 41.0. The molecule has 242 valence electrons. The Morgan fingerprint density at radius 3 is 2.19 bits per heavy atom. The van der Waals surface area contributed by atoms with Crippen molar-refractivity contribution >= 4 is 22.6 Å². The number of aromatic hydroxyl groups is 1. The number of amides is 2. The van der Waals surface area contributed by atoms with Gasteiger partial charge in [0.15, 0.2) is 0 Å². The van der Waals surface area contributed by atoms with E-state index >= 15 is 0 Å². The summed E-state index contributed by atoms with van der Waals surface area (Å²) in [6, 6.07) is 34.1. The summed E-state index contributed by atoms with van der Waals surface area (Å²) in [5.41, 5.74) is 5.60. The number of benzene rings is 5. The van der Waals surface area contributed by atoms with Crippen LogP contribution < -0.4 is 16.0 Å². The first-order valence-electron chi connectivity index (χ1n) is 15.8. The molecule has 0 spiro atoms. The lowest BCUT2D eigenvalue weighted by atomic mass is 10.0. The van der Waals surface area contributed by atoms with E-state index in [4.69, 9.17) is 0 Å². The van der Waals surface area contributed by atoms with Gasteiger partial charge in [-0.2, -0.15) is 0 Å². The Hall–Kier alpha value is -5.02. The molecule has 0 aliphatic carbocycles. The second kappa shape index (κ2) is 16.0. The van der Waals surface area contributed by atoms with Gasteiger partial charge >= 0.3 is 0 Å². The number of hydrogen-bond donors (Lipinski definition) is 6. The molecule has 5 rings (SSSR count). The third kappa shape index (κ3) is 9.26. The molecule has 5 aromatic carbocycles. The summed E-state index contributed by atoms with van der Waals surface area (Å²) in [6.45, 7) is 2.87. The van der Waals surface area contributed by atoms with Crippen LogP contribution in [0.3, 0.4) is 0 Å². The van der Waals surface area contributed by atoms with Crippen LogP contribution in [0, 0.1) is 0 Å². The van der Waals surface area contributed by atoms with Crippen molar-refractivity contribution in [3.63, 3.8) is 0 Å². The molecule has 8 heteroatoms. The number of carbonyl (C=O) groups excluding carboxylic acids is 2. The van der Waals surface area contributed by atoms with Crippen LogP contribution in [-0.2, 0) is 37.3 Å².